The van der Waals surface area contributed by atoms with Crippen LogP contribution in [0.4, 0.5) is 5.69 Å². The Bertz CT molecular complexity index is 806. The van der Waals surface area contributed by atoms with Crippen molar-refractivity contribution in [3.8, 4) is 5.75 Å². The fraction of sp³-hybridized carbons (Fsp3) is 0.381. The summed E-state index contributed by atoms with van der Waals surface area (Å²) in [7, 11) is 1.66. The first kappa shape index (κ1) is 18.9. The normalized spacial score (nSPS) is 24.7. The molecule has 1 amide bonds. The summed E-state index contributed by atoms with van der Waals surface area (Å²) in [6.07, 6.45) is 0.715. The number of rotatable bonds is 5. The van der Waals surface area contributed by atoms with Gasteiger partial charge >= 0.3 is 0 Å². The molecule has 2 aromatic rings. The Balaban J connectivity index is 1.35. The Morgan fingerprint density at radius 2 is 1.96 bits per heavy atom. The summed E-state index contributed by atoms with van der Waals surface area (Å²) in [6.45, 7) is 2.42. The smallest absolute Gasteiger partial charge is 0.242 e. The second-order valence-electron chi connectivity index (χ2n) is 7.05. The van der Waals surface area contributed by atoms with Crippen molar-refractivity contribution < 1.29 is 14.3 Å². The molecular weight excluding hydrogens is 356 g/mol. The van der Waals surface area contributed by atoms with Crippen molar-refractivity contribution >= 4 is 11.6 Å². The third-order valence-electron chi connectivity index (χ3n) is 5.21. The number of amides is 1. The number of hydrazine groups is 1. The lowest BCUT2D eigenvalue weighted by Gasteiger charge is -2.24. The van der Waals surface area contributed by atoms with E-state index in [1.807, 2.05) is 48.5 Å². The molecule has 0 saturated carbocycles. The van der Waals surface area contributed by atoms with Crippen molar-refractivity contribution in [1.29, 1.82) is 0 Å². The largest absolute Gasteiger partial charge is 0.496 e. The van der Waals surface area contributed by atoms with Crippen molar-refractivity contribution in [2.24, 2.45) is 0 Å². The molecule has 4 rings (SSSR count). The number of nitrogens with one attached hydrogen (secondary N) is 4. The van der Waals surface area contributed by atoms with Crippen molar-refractivity contribution in [2.75, 3.05) is 32.1 Å². The number of ether oxygens (including phenoxy) is 2. The highest BCUT2D eigenvalue weighted by Gasteiger charge is 2.31. The van der Waals surface area contributed by atoms with Crippen LogP contribution >= 0.6 is 0 Å². The fourth-order valence-electron chi connectivity index (χ4n) is 3.68. The number of carbonyl (C=O) groups is 1. The maximum Gasteiger partial charge on any atom is 0.242 e. The van der Waals surface area contributed by atoms with Gasteiger partial charge in [0.2, 0.25) is 5.91 Å². The zero-order valence-electron chi connectivity index (χ0n) is 15.9. The maximum absolute atomic E-state index is 12.7. The van der Waals surface area contributed by atoms with Gasteiger partial charge in [0.1, 0.15) is 11.8 Å². The summed E-state index contributed by atoms with van der Waals surface area (Å²) in [6, 6.07) is 15.4. The van der Waals surface area contributed by atoms with Gasteiger partial charge in [-0.05, 0) is 30.2 Å². The minimum atomic E-state index is -0.319. The van der Waals surface area contributed by atoms with Crippen LogP contribution in [0.5, 0.6) is 5.75 Å². The van der Waals surface area contributed by atoms with Crippen LogP contribution in [0.25, 0.3) is 0 Å². The SMILES string of the molecule is COc1ccccc1C1CC(C(=O)Nc2ccc([C@H]3CNCCO3)cc2)NN1. The molecule has 7 nitrogen and oxygen atoms in total. The summed E-state index contributed by atoms with van der Waals surface area (Å²) in [5, 5.41) is 6.31. The van der Waals surface area contributed by atoms with Gasteiger partial charge in [0.05, 0.1) is 25.9 Å². The molecule has 2 aromatic carbocycles. The van der Waals surface area contributed by atoms with E-state index >= 15 is 0 Å². The molecule has 0 radical (unpaired) electrons. The van der Waals surface area contributed by atoms with Gasteiger partial charge in [-0.15, -0.1) is 0 Å². The molecule has 2 aliphatic rings. The third kappa shape index (κ3) is 4.18. The van der Waals surface area contributed by atoms with E-state index < -0.39 is 0 Å². The molecule has 28 heavy (non-hydrogen) atoms. The van der Waals surface area contributed by atoms with E-state index in [9.17, 15) is 4.79 Å². The molecule has 2 aliphatic heterocycles. The molecule has 0 aromatic heterocycles. The molecule has 148 valence electrons. The van der Waals surface area contributed by atoms with E-state index in [-0.39, 0.29) is 24.1 Å². The van der Waals surface area contributed by atoms with Crippen LogP contribution < -0.4 is 26.2 Å². The maximum atomic E-state index is 12.7. The lowest BCUT2D eigenvalue weighted by molar-refractivity contribution is -0.117. The Labute approximate surface area is 164 Å². The van der Waals surface area contributed by atoms with Gasteiger partial charge < -0.3 is 20.1 Å². The van der Waals surface area contributed by atoms with E-state index in [1.165, 1.54) is 0 Å². The van der Waals surface area contributed by atoms with E-state index in [0.29, 0.717) is 6.42 Å². The van der Waals surface area contributed by atoms with Gasteiger partial charge in [-0.25, -0.2) is 10.9 Å². The van der Waals surface area contributed by atoms with Crippen LogP contribution in [-0.2, 0) is 9.53 Å². The standard InChI is InChI=1S/C21H26N4O3/c1-27-19-5-3-2-4-16(19)17-12-18(25-24-17)21(26)23-15-8-6-14(7-9-15)20-13-22-10-11-28-20/h2-9,17-18,20,22,24-25H,10-13H2,1H3,(H,23,26)/t17?,18?,20-/m1/s1. The van der Waals surface area contributed by atoms with E-state index in [0.717, 1.165) is 42.3 Å². The number of hydrogen-bond donors (Lipinski definition) is 4. The molecule has 0 aliphatic carbocycles. The van der Waals surface area contributed by atoms with Crippen molar-refractivity contribution in [3.63, 3.8) is 0 Å². The van der Waals surface area contributed by atoms with E-state index in [1.54, 1.807) is 7.11 Å². The average Bonchev–Trinajstić information content (AvgIpc) is 3.25. The van der Waals surface area contributed by atoms with Gasteiger partial charge in [0.15, 0.2) is 0 Å². The van der Waals surface area contributed by atoms with Crippen molar-refractivity contribution in [2.45, 2.75) is 24.6 Å². The molecule has 0 bridgehead atoms. The second kappa shape index (κ2) is 8.70. The molecular formula is C21H26N4O3. The highest BCUT2D eigenvalue weighted by Crippen LogP contribution is 2.30. The number of methoxy groups -OCH3 is 1. The summed E-state index contributed by atoms with van der Waals surface area (Å²) in [5.74, 6) is 0.756. The first-order valence-electron chi connectivity index (χ1n) is 9.61. The number of hydrogen-bond acceptors (Lipinski definition) is 6. The lowest BCUT2D eigenvalue weighted by atomic mass is 10.0. The third-order valence-corrected chi connectivity index (χ3v) is 5.21. The van der Waals surface area contributed by atoms with Crippen molar-refractivity contribution in [3.05, 3.63) is 59.7 Å². The van der Waals surface area contributed by atoms with Gasteiger partial charge in [0.25, 0.3) is 0 Å². The topological polar surface area (TPSA) is 83.7 Å². The fourth-order valence-corrected chi connectivity index (χ4v) is 3.68. The minimum Gasteiger partial charge on any atom is -0.496 e. The number of benzene rings is 2. The number of carbonyl (C=O) groups excluding carboxylic acids is 1. The summed E-state index contributed by atoms with van der Waals surface area (Å²) in [4.78, 5) is 12.7. The highest BCUT2D eigenvalue weighted by atomic mass is 16.5. The summed E-state index contributed by atoms with van der Waals surface area (Å²) >= 11 is 0. The van der Waals surface area contributed by atoms with E-state index in [4.69, 9.17) is 9.47 Å². The van der Waals surface area contributed by atoms with Crippen LogP contribution in [0.3, 0.4) is 0 Å². The molecule has 0 spiro atoms. The van der Waals surface area contributed by atoms with Gasteiger partial charge in [-0.1, -0.05) is 30.3 Å². The molecule has 2 fully saturated rings. The molecule has 7 heteroatoms. The minimum absolute atomic E-state index is 0.0187. The molecule has 3 atom stereocenters. The van der Waals surface area contributed by atoms with Crippen LogP contribution in [0.1, 0.15) is 29.7 Å². The Morgan fingerprint density at radius 3 is 2.71 bits per heavy atom. The number of morpholine rings is 1. The molecule has 2 heterocycles. The lowest BCUT2D eigenvalue weighted by Crippen LogP contribution is -2.39. The molecule has 2 unspecified atom stereocenters. The summed E-state index contributed by atoms with van der Waals surface area (Å²) < 4.78 is 11.2. The first-order chi connectivity index (χ1) is 13.7. The molecule has 4 N–H and O–H groups in total. The Morgan fingerprint density at radius 1 is 1.14 bits per heavy atom. The second-order valence-corrected chi connectivity index (χ2v) is 7.05. The Kier molecular flexibility index (Phi) is 5.87. The highest BCUT2D eigenvalue weighted by molar-refractivity contribution is 5.95. The molecule has 2 saturated heterocycles. The van der Waals surface area contributed by atoms with Gasteiger partial charge in [0, 0.05) is 24.3 Å². The van der Waals surface area contributed by atoms with Gasteiger partial charge in [-0.3, -0.25) is 4.79 Å². The first-order valence-corrected chi connectivity index (χ1v) is 9.61. The van der Waals surface area contributed by atoms with Crippen LogP contribution in [0.2, 0.25) is 0 Å². The quantitative estimate of drug-likeness (QED) is 0.632. The summed E-state index contributed by atoms with van der Waals surface area (Å²) in [5.41, 5.74) is 9.23. The zero-order valence-corrected chi connectivity index (χ0v) is 15.9. The van der Waals surface area contributed by atoms with Gasteiger partial charge in [-0.2, -0.15) is 0 Å². The van der Waals surface area contributed by atoms with E-state index in [2.05, 4.69) is 21.5 Å². The predicted octanol–water partition coefficient (Wildman–Crippen LogP) is 1.90. The van der Waals surface area contributed by atoms with Crippen LogP contribution in [0, 0.1) is 0 Å². The number of para-hydroxylation sites is 1. The number of anilines is 1. The average molecular weight is 382 g/mol. The Hall–Kier alpha value is -2.45. The monoisotopic (exact) mass is 382 g/mol. The predicted molar refractivity (Wildman–Crippen MR) is 107 cm³/mol. The zero-order chi connectivity index (χ0) is 19.3. The van der Waals surface area contributed by atoms with Crippen LogP contribution in [0.15, 0.2) is 48.5 Å². The van der Waals surface area contributed by atoms with Crippen molar-refractivity contribution in [1.82, 2.24) is 16.2 Å². The van der Waals surface area contributed by atoms with Crippen LogP contribution in [-0.4, -0.2) is 38.8 Å².